The van der Waals surface area contributed by atoms with Crippen LogP contribution in [0.25, 0.3) is 0 Å². The van der Waals surface area contributed by atoms with Gasteiger partial charge in [-0.3, -0.25) is 0 Å². The summed E-state index contributed by atoms with van der Waals surface area (Å²) in [5.74, 6) is 0. The van der Waals surface area contributed by atoms with E-state index in [2.05, 4.69) is 61.9 Å². The van der Waals surface area contributed by atoms with Crippen LogP contribution in [0.1, 0.15) is 36.5 Å². The molecule has 0 amide bonds. The maximum atomic E-state index is 2.24. The number of aryl methyl sites for hydroxylation is 1. The van der Waals surface area contributed by atoms with Crippen LogP contribution < -0.4 is 0 Å². The Kier molecular flexibility index (Phi) is 4.37. The first-order valence-electron chi connectivity index (χ1n) is 6.37. The maximum absolute atomic E-state index is 2.24. The molecular formula is C17H19. The Morgan fingerprint density at radius 1 is 0.824 bits per heavy atom. The summed E-state index contributed by atoms with van der Waals surface area (Å²) in [5, 5.41) is 0. The van der Waals surface area contributed by atoms with Crippen LogP contribution in [0.5, 0.6) is 0 Å². The highest BCUT2D eigenvalue weighted by Crippen LogP contribution is 2.13. The second kappa shape index (κ2) is 6.24. The highest BCUT2D eigenvalue weighted by molar-refractivity contribution is 5.37. The second-order valence-corrected chi connectivity index (χ2v) is 4.40. The van der Waals surface area contributed by atoms with Gasteiger partial charge in [0.2, 0.25) is 0 Å². The zero-order valence-electron chi connectivity index (χ0n) is 10.4. The van der Waals surface area contributed by atoms with Gasteiger partial charge in [-0.2, -0.15) is 0 Å². The lowest BCUT2D eigenvalue weighted by atomic mass is 10.0. The number of hydrogen-bond donors (Lipinski definition) is 0. The molecule has 87 valence electrons. The SMILES string of the molecule is CCCCc1ccc([CH]c2ccccc2)cc1. The Morgan fingerprint density at radius 2 is 1.47 bits per heavy atom. The lowest BCUT2D eigenvalue weighted by Gasteiger charge is -2.03. The Morgan fingerprint density at radius 3 is 2.12 bits per heavy atom. The molecule has 0 heterocycles. The van der Waals surface area contributed by atoms with Crippen molar-refractivity contribution in [3.8, 4) is 0 Å². The minimum atomic E-state index is 1.20. The van der Waals surface area contributed by atoms with Crippen molar-refractivity contribution < 1.29 is 0 Å². The van der Waals surface area contributed by atoms with Crippen LogP contribution in [0.3, 0.4) is 0 Å². The van der Waals surface area contributed by atoms with Crippen LogP contribution in [-0.2, 0) is 6.42 Å². The van der Waals surface area contributed by atoms with E-state index in [0.29, 0.717) is 0 Å². The molecule has 0 aliphatic heterocycles. The van der Waals surface area contributed by atoms with Gasteiger partial charge in [-0.15, -0.1) is 0 Å². The zero-order valence-corrected chi connectivity index (χ0v) is 10.4. The van der Waals surface area contributed by atoms with Crippen LogP contribution in [0.2, 0.25) is 0 Å². The summed E-state index contributed by atoms with van der Waals surface area (Å²) >= 11 is 0. The predicted molar refractivity (Wildman–Crippen MR) is 74.0 cm³/mol. The molecule has 2 aromatic carbocycles. The fourth-order valence-electron chi connectivity index (χ4n) is 1.90. The maximum Gasteiger partial charge on any atom is 0.0199 e. The summed E-state index contributed by atoms with van der Waals surface area (Å²) in [6.07, 6.45) is 5.95. The van der Waals surface area contributed by atoms with Crippen molar-refractivity contribution in [1.82, 2.24) is 0 Å². The molecule has 0 aromatic heterocycles. The van der Waals surface area contributed by atoms with Gasteiger partial charge in [0.15, 0.2) is 0 Å². The summed E-state index contributed by atoms with van der Waals surface area (Å²) < 4.78 is 0. The first-order chi connectivity index (χ1) is 8.38. The van der Waals surface area contributed by atoms with Crippen LogP contribution >= 0.6 is 0 Å². The van der Waals surface area contributed by atoms with Crippen LogP contribution in [0.15, 0.2) is 54.6 Å². The Labute approximate surface area is 104 Å². The molecule has 0 saturated carbocycles. The van der Waals surface area contributed by atoms with Crippen LogP contribution in [-0.4, -0.2) is 0 Å². The van der Waals surface area contributed by atoms with Gasteiger partial charge in [0.1, 0.15) is 0 Å². The third-order valence-electron chi connectivity index (χ3n) is 2.93. The van der Waals surface area contributed by atoms with E-state index >= 15 is 0 Å². The second-order valence-electron chi connectivity index (χ2n) is 4.40. The number of hydrogen-bond acceptors (Lipinski definition) is 0. The fourth-order valence-corrected chi connectivity index (χ4v) is 1.90. The van der Waals surface area contributed by atoms with Gasteiger partial charge < -0.3 is 0 Å². The molecule has 0 heteroatoms. The van der Waals surface area contributed by atoms with E-state index in [1.807, 2.05) is 6.07 Å². The zero-order chi connectivity index (χ0) is 11.9. The van der Waals surface area contributed by atoms with E-state index in [0.717, 1.165) is 0 Å². The van der Waals surface area contributed by atoms with E-state index < -0.39 is 0 Å². The lowest BCUT2D eigenvalue weighted by molar-refractivity contribution is 0.795. The Bertz CT molecular complexity index is 425. The Balaban J connectivity index is 1.98. The molecule has 2 aromatic rings. The van der Waals surface area contributed by atoms with E-state index in [9.17, 15) is 0 Å². The Hall–Kier alpha value is -1.56. The summed E-state index contributed by atoms with van der Waals surface area (Å²) in [6.45, 7) is 2.23. The standard InChI is InChI=1S/C17H19/c1-2-3-7-15-10-12-17(13-11-15)14-16-8-5-4-6-9-16/h4-6,8-14H,2-3,7H2,1H3. The molecule has 2 rings (SSSR count). The van der Waals surface area contributed by atoms with Crippen molar-refractivity contribution >= 4 is 0 Å². The van der Waals surface area contributed by atoms with Crippen molar-refractivity contribution in [2.24, 2.45) is 0 Å². The minimum absolute atomic E-state index is 1.20. The molecule has 1 radical (unpaired) electrons. The number of benzene rings is 2. The molecule has 0 bridgehead atoms. The normalized spacial score (nSPS) is 10.4. The summed E-state index contributed by atoms with van der Waals surface area (Å²) in [5.41, 5.74) is 3.97. The highest BCUT2D eigenvalue weighted by Gasteiger charge is 1.97. The van der Waals surface area contributed by atoms with Crippen LogP contribution in [0.4, 0.5) is 0 Å². The lowest BCUT2D eigenvalue weighted by Crippen LogP contribution is -1.87. The van der Waals surface area contributed by atoms with Gasteiger partial charge in [0.25, 0.3) is 0 Å². The molecule has 0 spiro atoms. The van der Waals surface area contributed by atoms with Crippen molar-refractivity contribution in [3.63, 3.8) is 0 Å². The van der Waals surface area contributed by atoms with E-state index in [-0.39, 0.29) is 0 Å². The van der Waals surface area contributed by atoms with Crippen molar-refractivity contribution in [2.75, 3.05) is 0 Å². The molecular weight excluding hydrogens is 204 g/mol. The molecule has 0 N–H and O–H groups in total. The largest absolute Gasteiger partial charge is 0.0654 e. The quantitative estimate of drug-likeness (QED) is 0.693. The van der Waals surface area contributed by atoms with Gasteiger partial charge in [-0.1, -0.05) is 67.9 Å². The minimum Gasteiger partial charge on any atom is -0.0654 e. The topological polar surface area (TPSA) is 0 Å². The summed E-state index contributed by atoms with van der Waals surface area (Å²) in [4.78, 5) is 0. The molecule has 0 unspecified atom stereocenters. The van der Waals surface area contributed by atoms with Gasteiger partial charge >= 0.3 is 0 Å². The van der Waals surface area contributed by atoms with Gasteiger partial charge in [-0.25, -0.2) is 0 Å². The smallest absolute Gasteiger partial charge is 0.0199 e. The number of unbranched alkanes of at least 4 members (excludes halogenated alkanes) is 1. The van der Waals surface area contributed by atoms with Gasteiger partial charge in [0, 0.05) is 6.42 Å². The average Bonchev–Trinajstić information content (AvgIpc) is 2.39. The molecule has 0 atom stereocenters. The highest BCUT2D eigenvalue weighted by atomic mass is 14.0. The van der Waals surface area contributed by atoms with Gasteiger partial charge in [0.05, 0.1) is 0 Å². The van der Waals surface area contributed by atoms with Crippen molar-refractivity contribution in [3.05, 3.63) is 77.7 Å². The van der Waals surface area contributed by atoms with Crippen molar-refractivity contribution in [1.29, 1.82) is 0 Å². The average molecular weight is 223 g/mol. The molecule has 0 aliphatic rings. The van der Waals surface area contributed by atoms with Crippen molar-refractivity contribution in [2.45, 2.75) is 26.2 Å². The monoisotopic (exact) mass is 223 g/mol. The van der Waals surface area contributed by atoms with E-state index in [1.165, 1.54) is 36.0 Å². The first-order valence-corrected chi connectivity index (χ1v) is 6.37. The fraction of sp³-hybridized carbons (Fsp3) is 0.235. The first kappa shape index (κ1) is 11.9. The third-order valence-corrected chi connectivity index (χ3v) is 2.93. The summed E-state index contributed by atoms with van der Waals surface area (Å²) in [7, 11) is 0. The molecule has 0 aliphatic carbocycles. The van der Waals surface area contributed by atoms with E-state index in [4.69, 9.17) is 0 Å². The molecule has 0 nitrogen and oxygen atoms in total. The third kappa shape index (κ3) is 3.74. The van der Waals surface area contributed by atoms with Crippen LogP contribution in [0, 0.1) is 6.42 Å². The number of rotatable bonds is 5. The molecule has 0 fully saturated rings. The molecule has 17 heavy (non-hydrogen) atoms. The van der Waals surface area contributed by atoms with E-state index in [1.54, 1.807) is 0 Å². The summed E-state index contributed by atoms with van der Waals surface area (Å²) in [6, 6.07) is 19.3. The molecule has 0 saturated heterocycles. The van der Waals surface area contributed by atoms with Gasteiger partial charge in [-0.05, 0) is 29.5 Å². The predicted octanol–water partition coefficient (Wildman–Crippen LogP) is 4.63.